The van der Waals surface area contributed by atoms with Crippen LogP contribution in [0.5, 0.6) is 0 Å². The highest BCUT2D eigenvalue weighted by atomic mass is 16.1. The molecule has 0 aromatic rings. The first-order chi connectivity index (χ1) is 4.79. The van der Waals surface area contributed by atoms with Gasteiger partial charge in [0.2, 0.25) is 0 Å². The van der Waals surface area contributed by atoms with Gasteiger partial charge in [0.15, 0.2) is 11.6 Å². The van der Waals surface area contributed by atoms with E-state index in [1.807, 2.05) is 0 Å². The summed E-state index contributed by atoms with van der Waals surface area (Å²) >= 11 is 0. The predicted octanol–water partition coefficient (Wildman–Crippen LogP) is 0.721. The fourth-order valence-corrected chi connectivity index (χ4v) is 1.59. The van der Waals surface area contributed by atoms with Gasteiger partial charge in [0, 0.05) is 11.8 Å². The molecule has 2 rings (SSSR count). The van der Waals surface area contributed by atoms with E-state index in [2.05, 4.69) is 0 Å². The molecule has 0 aliphatic heterocycles. The fourth-order valence-electron chi connectivity index (χ4n) is 1.59. The molecule has 0 N–H and O–H groups in total. The van der Waals surface area contributed by atoms with Gasteiger partial charge in [0.1, 0.15) is 0 Å². The lowest BCUT2D eigenvalue weighted by molar-refractivity contribution is -0.134. The number of hydrogen-bond acceptors (Lipinski definition) is 2. The van der Waals surface area contributed by atoms with Crippen molar-refractivity contribution in [3.8, 4) is 0 Å². The molecule has 52 valence electrons. The summed E-state index contributed by atoms with van der Waals surface area (Å²) in [5.74, 6) is 0.404. The van der Waals surface area contributed by atoms with Gasteiger partial charge in [-0.25, -0.2) is 0 Å². The largest absolute Gasteiger partial charge is 0.295 e. The molecule has 0 radical (unpaired) electrons. The molecule has 1 saturated carbocycles. The minimum atomic E-state index is 0.0532. The summed E-state index contributed by atoms with van der Waals surface area (Å²) < 4.78 is 0. The Bertz CT molecular complexity index is 203. The van der Waals surface area contributed by atoms with Crippen molar-refractivity contribution in [3.05, 3.63) is 12.2 Å². The van der Waals surface area contributed by atoms with Crippen molar-refractivity contribution in [1.29, 1.82) is 0 Å². The van der Waals surface area contributed by atoms with Crippen LogP contribution >= 0.6 is 0 Å². The van der Waals surface area contributed by atoms with Gasteiger partial charge in [-0.15, -0.1) is 0 Å². The van der Waals surface area contributed by atoms with Crippen LogP contribution in [0.4, 0.5) is 0 Å². The molecule has 0 bridgehead atoms. The van der Waals surface area contributed by atoms with Crippen LogP contribution < -0.4 is 0 Å². The summed E-state index contributed by atoms with van der Waals surface area (Å²) in [6.07, 6.45) is 4.67. The van der Waals surface area contributed by atoms with Crippen LogP contribution in [0.1, 0.15) is 12.8 Å². The van der Waals surface area contributed by atoms with Gasteiger partial charge >= 0.3 is 0 Å². The first kappa shape index (κ1) is 5.83. The number of hydrogen-bond donors (Lipinski definition) is 0. The van der Waals surface area contributed by atoms with Gasteiger partial charge in [-0.05, 0) is 25.0 Å². The van der Waals surface area contributed by atoms with E-state index in [4.69, 9.17) is 0 Å². The molecule has 2 nitrogen and oxygen atoms in total. The first-order valence-corrected chi connectivity index (χ1v) is 3.55. The number of fused-ring (bicyclic) bond motifs is 1. The summed E-state index contributed by atoms with van der Waals surface area (Å²) in [5.41, 5.74) is 0. The van der Waals surface area contributed by atoms with Crippen LogP contribution in [0.15, 0.2) is 12.2 Å². The molecule has 2 aliphatic carbocycles. The van der Waals surface area contributed by atoms with Crippen LogP contribution in [0.3, 0.4) is 0 Å². The van der Waals surface area contributed by atoms with Gasteiger partial charge in [0.25, 0.3) is 0 Å². The summed E-state index contributed by atoms with van der Waals surface area (Å²) in [4.78, 5) is 21.9. The SMILES string of the molecule is O=C1C=CC(=O)C2CCC12. The highest BCUT2D eigenvalue weighted by molar-refractivity contribution is 6.08. The Balaban J connectivity index is 2.31. The standard InChI is InChI=1S/C8H8O2/c9-7-3-4-8(10)6-2-1-5(6)7/h3-6H,1-2H2. The van der Waals surface area contributed by atoms with Crippen molar-refractivity contribution < 1.29 is 9.59 Å². The molecule has 0 aromatic heterocycles. The first-order valence-electron chi connectivity index (χ1n) is 3.55. The second kappa shape index (κ2) is 1.78. The maximum atomic E-state index is 11.0. The molecular formula is C8H8O2. The molecular weight excluding hydrogens is 128 g/mol. The Hall–Kier alpha value is -0.920. The average Bonchev–Trinajstić information content (AvgIpc) is 1.78. The quantitative estimate of drug-likeness (QED) is 0.491. The number of ketones is 2. The van der Waals surface area contributed by atoms with Crippen molar-refractivity contribution >= 4 is 11.6 Å². The third-order valence-electron chi connectivity index (χ3n) is 2.42. The van der Waals surface area contributed by atoms with Crippen LogP contribution in [-0.4, -0.2) is 11.6 Å². The maximum Gasteiger partial charge on any atom is 0.159 e. The highest BCUT2D eigenvalue weighted by Gasteiger charge is 2.41. The third kappa shape index (κ3) is 0.589. The number of carbonyl (C=O) groups excluding carboxylic acids is 2. The average molecular weight is 136 g/mol. The monoisotopic (exact) mass is 136 g/mol. The second-order valence-electron chi connectivity index (χ2n) is 2.93. The Morgan fingerprint density at radius 1 is 1.00 bits per heavy atom. The Morgan fingerprint density at radius 2 is 1.40 bits per heavy atom. The molecule has 0 aromatic carbocycles. The zero-order valence-electron chi connectivity index (χ0n) is 5.54. The van der Waals surface area contributed by atoms with E-state index in [0.717, 1.165) is 12.8 Å². The zero-order valence-corrected chi connectivity index (χ0v) is 5.54. The van der Waals surface area contributed by atoms with Crippen molar-refractivity contribution in [2.24, 2.45) is 11.8 Å². The molecule has 2 heteroatoms. The number of allylic oxidation sites excluding steroid dienone is 2. The smallest absolute Gasteiger partial charge is 0.159 e. The van der Waals surface area contributed by atoms with Crippen molar-refractivity contribution in [1.82, 2.24) is 0 Å². The summed E-state index contributed by atoms with van der Waals surface area (Å²) in [6, 6.07) is 0. The van der Waals surface area contributed by atoms with Crippen LogP contribution in [0, 0.1) is 11.8 Å². The molecule has 0 saturated heterocycles. The van der Waals surface area contributed by atoms with Gasteiger partial charge in [-0.1, -0.05) is 0 Å². The van der Waals surface area contributed by atoms with Gasteiger partial charge < -0.3 is 0 Å². The lowest BCUT2D eigenvalue weighted by Crippen LogP contribution is -2.39. The van der Waals surface area contributed by atoms with Crippen LogP contribution in [-0.2, 0) is 9.59 Å². The minimum Gasteiger partial charge on any atom is -0.295 e. The minimum absolute atomic E-state index is 0.0532. The lowest BCUT2D eigenvalue weighted by atomic mass is 9.67. The van der Waals surface area contributed by atoms with E-state index in [-0.39, 0.29) is 23.4 Å². The third-order valence-corrected chi connectivity index (χ3v) is 2.42. The molecule has 2 atom stereocenters. The van der Waals surface area contributed by atoms with E-state index in [1.54, 1.807) is 0 Å². The van der Waals surface area contributed by atoms with E-state index >= 15 is 0 Å². The normalized spacial score (nSPS) is 37.2. The molecule has 10 heavy (non-hydrogen) atoms. The second-order valence-corrected chi connectivity index (χ2v) is 2.93. The number of rotatable bonds is 0. The van der Waals surface area contributed by atoms with E-state index in [9.17, 15) is 9.59 Å². The van der Waals surface area contributed by atoms with Crippen molar-refractivity contribution in [2.45, 2.75) is 12.8 Å². The van der Waals surface area contributed by atoms with Crippen LogP contribution in [0.25, 0.3) is 0 Å². The Morgan fingerprint density at radius 3 is 1.70 bits per heavy atom. The summed E-state index contributed by atoms with van der Waals surface area (Å²) in [6.45, 7) is 0. The van der Waals surface area contributed by atoms with E-state index in [1.165, 1.54) is 12.2 Å². The van der Waals surface area contributed by atoms with E-state index < -0.39 is 0 Å². The van der Waals surface area contributed by atoms with Crippen molar-refractivity contribution in [2.75, 3.05) is 0 Å². The molecule has 1 fully saturated rings. The van der Waals surface area contributed by atoms with Gasteiger partial charge in [-0.3, -0.25) is 9.59 Å². The molecule has 0 spiro atoms. The number of carbonyl (C=O) groups is 2. The zero-order chi connectivity index (χ0) is 7.14. The van der Waals surface area contributed by atoms with Crippen molar-refractivity contribution in [3.63, 3.8) is 0 Å². The highest BCUT2D eigenvalue weighted by Crippen LogP contribution is 2.38. The summed E-state index contributed by atoms with van der Waals surface area (Å²) in [5, 5.41) is 0. The Kier molecular flexibility index (Phi) is 1.04. The van der Waals surface area contributed by atoms with Gasteiger partial charge in [-0.2, -0.15) is 0 Å². The molecule has 2 unspecified atom stereocenters. The summed E-state index contributed by atoms with van der Waals surface area (Å²) in [7, 11) is 0. The predicted molar refractivity (Wildman–Crippen MR) is 35.4 cm³/mol. The molecule has 2 aliphatic rings. The maximum absolute atomic E-state index is 11.0. The van der Waals surface area contributed by atoms with Gasteiger partial charge in [0.05, 0.1) is 0 Å². The van der Waals surface area contributed by atoms with E-state index in [0.29, 0.717) is 0 Å². The fraction of sp³-hybridized carbons (Fsp3) is 0.500. The van der Waals surface area contributed by atoms with Crippen LogP contribution in [0.2, 0.25) is 0 Å². The molecule has 0 amide bonds. The Labute approximate surface area is 58.9 Å². The topological polar surface area (TPSA) is 34.1 Å². The lowest BCUT2D eigenvalue weighted by Gasteiger charge is -2.34. The molecule has 0 heterocycles.